The van der Waals surface area contributed by atoms with Crippen LogP contribution in [0.5, 0.6) is 0 Å². The minimum atomic E-state index is -0.276. The summed E-state index contributed by atoms with van der Waals surface area (Å²) in [6.45, 7) is 0.155. The van der Waals surface area contributed by atoms with Crippen molar-refractivity contribution in [2.75, 3.05) is 32.1 Å². The van der Waals surface area contributed by atoms with Gasteiger partial charge in [0.15, 0.2) is 0 Å². The number of hydrogen-bond donors (Lipinski definition) is 2. The van der Waals surface area contributed by atoms with Crippen molar-refractivity contribution in [3.8, 4) is 11.8 Å². The highest BCUT2D eigenvalue weighted by atomic mass is 16.2. The molecule has 0 aliphatic heterocycles. The summed E-state index contributed by atoms with van der Waals surface area (Å²) < 4.78 is 0. The molecule has 25 heavy (non-hydrogen) atoms. The number of rotatable bonds is 5. The van der Waals surface area contributed by atoms with E-state index >= 15 is 0 Å². The van der Waals surface area contributed by atoms with Gasteiger partial charge in [0.2, 0.25) is 5.91 Å². The molecule has 2 amide bonds. The SMILES string of the molecule is CN(C)c1ccc(C#CCNC(=O)CNC(=O)c2ccccc2)cc1. The van der Waals surface area contributed by atoms with Crippen molar-refractivity contribution in [2.24, 2.45) is 0 Å². The summed E-state index contributed by atoms with van der Waals surface area (Å²) in [6.07, 6.45) is 0. The van der Waals surface area contributed by atoms with Crippen LogP contribution in [0.15, 0.2) is 54.6 Å². The van der Waals surface area contributed by atoms with Gasteiger partial charge < -0.3 is 15.5 Å². The van der Waals surface area contributed by atoms with Gasteiger partial charge in [-0.15, -0.1) is 0 Å². The van der Waals surface area contributed by atoms with Gasteiger partial charge in [-0.1, -0.05) is 30.0 Å². The summed E-state index contributed by atoms with van der Waals surface area (Å²) >= 11 is 0. The predicted molar refractivity (Wildman–Crippen MR) is 99.4 cm³/mol. The van der Waals surface area contributed by atoms with Crippen LogP contribution in [0.25, 0.3) is 0 Å². The van der Waals surface area contributed by atoms with Crippen LogP contribution in [0.1, 0.15) is 15.9 Å². The predicted octanol–water partition coefficient (Wildman–Crippen LogP) is 1.65. The number of hydrogen-bond acceptors (Lipinski definition) is 3. The lowest BCUT2D eigenvalue weighted by atomic mass is 10.2. The van der Waals surface area contributed by atoms with E-state index in [0.29, 0.717) is 5.56 Å². The first-order valence-electron chi connectivity index (χ1n) is 7.92. The Morgan fingerprint density at radius 1 is 0.960 bits per heavy atom. The van der Waals surface area contributed by atoms with E-state index in [2.05, 4.69) is 22.5 Å². The molecule has 128 valence electrons. The van der Waals surface area contributed by atoms with Crippen molar-refractivity contribution < 1.29 is 9.59 Å². The first-order chi connectivity index (χ1) is 12.1. The second-order valence-corrected chi connectivity index (χ2v) is 5.57. The smallest absolute Gasteiger partial charge is 0.251 e. The Kier molecular flexibility index (Phi) is 6.61. The van der Waals surface area contributed by atoms with Crippen molar-refractivity contribution in [1.29, 1.82) is 0 Å². The second-order valence-electron chi connectivity index (χ2n) is 5.57. The molecule has 0 bridgehead atoms. The van der Waals surface area contributed by atoms with E-state index in [4.69, 9.17) is 0 Å². The average molecular weight is 335 g/mol. The van der Waals surface area contributed by atoms with Crippen LogP contribution >= 0.6 is 0 Å². The molecule has 2 aromatic carbocycles. The lowest BCUT2D eigenvalue weighted by Gasteiger charge is -2.11. The third-order valence-corrected chi connectivity index (χ3v) is 3.44. The lowest BCUT2D eigenvalue weighted by Crippen LogP contribution is -2.37. The maximum Gasteiger partial charge on any atom is 0.251 e. The number of amides is 2. The van der Waals surface area contributed by atoms with Crippen molar-refractivity contribution in [3.05, 3.63) is 65.7 Å². The molecule has 0 saturated heterocycles. The van der Waals surface area contributed by atoms with Gasteiger partial charge in [-0.2, -0.15) is 0 Å². The Morgan fingerprint density at radius 3 is 2.28 bits per heavy atom. The standard InChI is InChI=1S/C20H21N3O2/c1-23(2)18-12-10-16(11-13-18)7-6-14-21-19(24)15-22-20(25)17-8-4-3-5-9-17/h3-5,8-13H,14-15H2,1-2H3,(H,21,24)(H,22,25). The fourth-order valence-electron chi connectivity index (χ4n) is 2.05. The number of carbonyl (C=O) groups excluding carboxylic acids is 2. The Morgan fingerprint density at radius 2 is 1.64 bits per heavy atom. The molecule has 5 nitrogen and oxygen atoms in total. The number of carbonyl (C=O) groups is 2. The normalized spacial score (nSPS) is 9.52. The molecule has 0 saturated carbocycles. The molecule has 0 spiro atoms. The van der Waals surface area contributed by atoms with Gasteiger partial charge >= 0.3 is 0 Å². The number of nitrogens with one attached hydrogen (secondary N) is 2. The zero-order valence-corrected chi connectivity index (χ0v) is 14.4. The van der Waals surface area contributed by atoms with Crippen LogP contribution in [-0.2, 0) is 4.79 Å². The van der Waals surface area contributed by atoms with E-state index in [-0.39, 0.29) is 24.9 Å². The second kappa shape index (κ2) is 9.14. The summed E-state index contributed by atoms with van der Waals surface area (Å²) in [5.74, 6) is 5.33. The highest BCUT2D eigenvalue weighted by molar-refractivity contribution is 5.96. The molecule has 0 radical (unpaired) electrons. The summed E-state index contributed by atoms with van der Waals surface area (Å²) in [4.78, 5) is 25.5. The number of anilines is 1. The molecule has 0 unspecified atom stereocenters. The third kappa shape index (κ3) is 6.04. The minimum absolute atomic E-state index is 0.0764. The molecule has 2 N–H and O–H groups in total. The fourth-order valence-corrected chi connectivity index (χ4v) is 2.05. The molecule has 0 heterocycles. The van der Waals surface area contributed by atoms with E-state index in [0.717, 1.165) is 11.3 Å². The van der Waals surface area contributed by atoms with E-state index in [1.54, 1.807) is 24.3 Å². The van der Waals surface area contributed by atoms with Crippen molar-refractivity contribution in [3.63, 3.8) is 0 Å². The van der Waals surface area contributed by atoms with Crippen molar-refractivity contribution in [1.82, 2.24) is 10.6 Å². The number of nitrogens with zero attached hydrogens (tertiary/aromatic N) is 1. The molecule has 2 aromatic rings. The molecule has 2 rings (SSSR count). The molecular weight excluding hydrogens is 314 g/mol. The molecule has 0 aromatic heterocycles. The van der Waals surface area contributed by atoms with Gasteiger partial charge in [-0.05, 0) is 36.4 Å². The zero-order chi connectivity index (χ0) is 18.1. The monoisotopic (exact) mass is 335 g/mol. The Balaban J connectivity index is 1.73. The van der Waals surface area contributed by atoms with Gasteiger partial charge in [0.25, 0.3) is 5.91 Å². The maximum atomic E-state index is 11.8. The lowest BCUT2D eigenvalue weighted by molar-refractivity contribution is -0.119. The van der Waals surface area contributed by atoms with Crippen LogP contribution in [0, 0.1) is 11.8 Å². The highest BCUT2D eigenvalue weighted by Crippen LogP contribution is 2.11. The van der Waals surface area contributed by atoms with Gasteiger partial charge in [-0.25, -0.2) is 0 Å². The molecule has 0 aliphatic carbocycles. The first kappa shape index (κ1) is 18.1. The Hall–Kier alpha value is -3.26. The van der Waals surface area contributed by atoms with Gasteiger partial charge in [0.05, 0.1) is 13.1 Å². The summed E-state index contributed by atoms with van der Waals surface area (Å²) in [5, 5.41) is 5.22. The fraction of sp³-hybridized carbons (Fsp3) is 0.200. The van der Waals surface area contributed by atoms with Gasteiger partial charge in [-0.3, -0.25) is 9.59 Å². The van der Waals surface area contributed by atoms with Crippen LogP contribution in [0.4, 0.5) is 5.69 Å². The van der Waals surface area contributed by atoms with Crippen molar-refractivity contribution >= 4 is 17.5 Å². The summed E-state index contributed by atoms with van der Waals surface area (Å²) in [6, 6.07) is 16.6. The zero-order valence-electron chi connectivity index (χ0n) is 14.4. The van der Waals surface area contributed by atoms with Gasteiger partial charge in [0.1, 0.15) is 0 Å². The van der Waals surface area contributed by atoms with Crippen LogP contribution in [-0.4, -0.2) is 39.0 Å². The van der Waals surface area contributed by atoms with Crippen LogP contribution < -0.4 is 15.5 Å². The quantitative estimate of drug-likeness (QED) is 0.817. The average Bonchev–Trinajstić information content (AvgIpc) is 2.64. The van der Waals surface area contributed by atoms with E-state index < -0.39 is 0 Å². The highest BCUT2D eigenvalue weighted by Gasteiger charge is 2.06. The molecular formula is C20H21N3O2. The van der Waals surface area contributed by atoms with E-state index in [1.165, 1.54) is 0 Å². The Bertz CT molecular complexity index is 772. The molecule has 5 heteroatoms. The summed E-state index contributed by atoms with van der Waals surface area (Å²) in [7, 11) is 3.96. The van der Waals surface area contributed by atoms with Crippen molar-refractivity contribution in [2.45, 2.75) is 0 Å². The van der Waals surface area contributed by atoms with Crippen LogP contribution in [0.3, 0.4) is 0 Å². The number of benzene rings is 2. The Labute approximate surface area is 148 Å². The van der Waals surface area contributed by atoms with Gasteiger partial charge in [0, 0.05) is 30.9 Å². The first-order valence-corrected chi connectivity index (χ1v) is 7.92. The van der Waals surface area contributed by atoms with E-state index in [1.807, 2.05) is 49.3 Å². The topological polar surface area (TPSA) is 61.4 Å². The molecule has 0 atom stereocenters. The maximum absolute atomic E-state index is 11.8. The third-order valence-electron chi connectivity index (χ3n) is 3.44. The molecule has 0 fully saturated rings. The van der Waals surface area contributed by atoms with E-state index in [9.17, 15) is 9.59 Å². The largest absolute Gasteiger partial charge is 0.378 e. The summed E-state index contributed by atoms with van der Waals surface area (Å²) in [5.41, 5.74) is 2.52. The van der Waals surface area contributed by atoms with Crippen LogP contribution in [0.2, 0.25) is 0 Å². The molecule has 0 aliphatic rings. The minimum Gasteiger partial charge on any atom is -0.378 e.